The Morgan fingerprint density at radius 3 is 2.42 bits per heavy atom. The van der Waals surface area contributed by atoms with Crippen LogP contribution in [-0.2, 0) is 14.4 Å². The monoisotopic (exact) mass is 466 g/mol. The zero-order chi connectivity index (χ0) is 24.0. The van der Waals surface area contributed by atoms with Crippen molar-refractivity contribution in [1.82, 2.24) is 0 Å². The largest absolute Gasteiger partial charge is 0.481 e. The number of amides is 2. The molecule has 0 fully saturated rings. The number of hydrogen-bond acceptors (Lipinski definition) is 4. The molecule has 3 N–H and O–H groups in total. The number of nitrogens with one attached hydrogen (secondary N) is 2. The van der Waals surface area contributed by atoms with Crippen molar-refractivity contribution in [2.24, 2.45) is 11.8 Å². The first-order valence-electron chi connectivity index (χ1n) is 11.1. The van der Waals surface area contributed by atoms with Gasteiger partial charge in [-0.3, -0.25) is 14.4 Å². The van der Waals surface area contributed by atoms with Crippen molar-refractivity contribution in [2.75, 3.05) is 10.6 Å². The molecular formula is C26H30N2O4S. The van der Waals surface area contributed by atoms with E-state index in [0.29, 0.717) is 24.9 Å². The SMILES string of the molecule is CCC(Sc1cccc(NC(=O)C2CC=CCC2C(=O)O)c1)C(=O)Nc1ccc(C)cc1C. The lowest BCUT2D eigenvalue weighted by molar-refractivity contribution is -0.146. The first kappa shape index (κ1) is 24.6. The van der Waals surface area contributed by atoms with E-state index in [2.05, 4.69) is 10.6 Å². The Balaban J connectivity index is 1.66. The van der Waals surface area contributed by atoms with Gasteiger partial charge in [0.2, 0.25) is 11.8 Å². The molecule has 2 aromatic rings. The van der Waals surface area contributed by atoms with E-state index in [9.17, 15) is 19.5 Å². The van der Waals surface area contributed by atoms with Crippen LogP contribution in [0.1, 0.15) is 37.3 Å². The van der Waals surface area contributed by atoms with Gasteiger partial charge in [0.25, 0.3) is 0 Å². The minimum absolute atomic E-state index is 0.0674. The molecule has 1 aliphatic rings. The van der Waals surface area contributed by atoms with Crippen molar-refractivity contribution < 1.29 is 19.5 Å². The number of anilines is 2. The maximum Gasteiger partial charge on any atom is 0.307 e. The van der Waals surface area contributed by atoms with Crippen molar-refractivity contribution in [1.29, 1.82) is 0 Å². The number of benzene rings is 2. The second kappa shape index (κ2) is 11.2. The quantitative estimate of drug-likeness (QED) is 0.357. The van der Waals surface area contributed by atoms with E-state index >= 15 is 0 Å². The lowest BCUT2D eigenvalue weighted by Crippen LogP contribution is -2.34. The number of allylic oxidation sites excluding steroid dienone is 2. The zero-order valence-corrected chi connectivity index (χ0v) is 19.9. The number of aryl methyl sites for hydroxylation is 2. The fraction of sp³-hybridized carbons (Fsp3) is 0.346. The molecule has 0 heterocycles. The molecule has 0 saturated heterocycles. The fourth-order valence-electron chi connectivity index (χ4n) is 3.91. The number of rotatable bonds is 8. The van der Waals surface area contributed by atoms with Gasteiger partial charge in [-0.2, -0.15) is 0 Å². The van der Waals surface area contributed by atoms with Crippen molar-refractivity contribution in [3.63, 3.8) is 0 Å². The number of aliphatic carboxylic acids is 1. The Kier molecular flexibility index (Phi) is 8.33. The summed E-state index contributed by atoms with van der Waals surface area (Å²) >= 11 is 1.44. The van der Waals surface area contributed by atoms with Gasteiger partial charge in [0.15, 0.2) is 0 Å². The van der Waals surface area contributed by atoms with Crippen LogP contribution in [0.2, 0.25) is 0 Å². The average molecular weight is 467 g/mol. The molecule has 0 bridgehead atoms. The maximum atomic E-state index is 12.9. The van der Waals surface area contributed by atoms with Gasteiger partial charge in [-0.15, -0.1) is 11.8 Å². The number of carbonyl (C=O) groups is 3. The maximum absolute atomic E-state index is 12.9. The van der Waals surface area contributed by atoms with Crippen LogP contribution < -0.4 is 10.6 Å². The van der Waals surface area contributed by atoms with Crippen LogP contribution in [0, 0.1) is 25.7 Å². The minimum atomic E-state index is -0.954. The molecule has 174 valence electrons. The Bertz CT molecular complexity index is 1070. The smallest absolute Gasteiger partial charge is 0.307 e. The van der Waals surface area contributed by atoms with E-state index < -0.39 is 17.8 Å². The molecule has 1 aliphatic carbocycles. The minimum Gasteiger partial charge on any atom is -0.481 e. The van der Waals surface area contributed by atoms with E-state index in [4.69, 9.17) is 0 Å². The number of carboxylic acids is 1. The Labute approximate surface area is 198 Å². The van der Waals surface area contributed by atoms with E-state index in [0.717, 1.165) is 21.7 Å². The van der Waals surface area contributed by atoms with Gasteiger partial charge in [0.05, 0.1) is 17.1 Å². The van der Waals surface area contributed by atoms with Gasteiger partial charge in [0.1, 0.15) is 0 Å². The summed E-state index contributed by atoms with van der Waals surface area (Å²) in [7, 11) is 0. The molecule has 6 nitrogen and oxygen atoms in total. The lowest BCUT2D eigenvalue weighted by atomic mass is 9.82. The van der Waals surface area contributed by atoms with E-state index in [1.807, 2.05) is 69.3 Å². The summed E-state index contributed by atoms with van der Waals surface area (Å²) < 4.78 is 0. The third-order valence-electron chi connectivity index (χ3n) is 5.77. The van der Waals surface area contributed by atoms with Crippen LogP contribution in [0.4, 0.5) is 11.4 Å². The summed E-state index contributed by atoms with van der Waals surface area (Å²) in [5.41, 5.74) is 3.56. The molecule has 3 rings (SSSR count). The predicted molar refractivity (Wildman–Crippen MR) is 133 cm³/mol. The van der Waals surface area contributed by atoms with Crippen molar-refractivity contribution in [3.05, 3.63) is 65.7 Å². The van der Waals surface area contributed by atoms with Crippen molar-refractivity contribution in [3.8, 4) is 0 Å². The van der Waals surface area contributed by atoms with Gasteiger partial charge >= 0.3 is 5.97 Å². The van der Waals surface area contributed by atoms with Crippen LogP contribution in [0.5, 0.6) is 0 Å². The number of thioether (sulfide) groups is 1. The highest BCUT2D eigenvalue weighted by Gasteiger charge is 2.34. The second-order valence-electron chi connectivity index (χ2n) is 8.33. The molecule has 0 aromatic heterocycles. The topological polar surface area (TPSA) is 95.5 Å². The highest BCUT2D eigenvalue weighted by atomic mass is 32.2. The molecule has 0 radical (unpaired) electrons. The third-order valence-corrected chi connectivity index (χ3v) is 7.13. The average Bonchev–Trinajstić information content (AvgIpc) is 2.79. The molecule has 7 heteroatoms. The van der Waals surface area contributed by atoms with Gasteiger partial charge in [-0.25, -0.2) is 0 Å². The molecule has 3 atom stereocenters. The summed E-state index contributed by atoms with van der Waals surface area (Å²) in [4.78, 5) is 38.0. The number of carbonyl (C=O) groups excluding carboxylic acids is 2. The number of carboxylic acid groups (broad SMARTS) is 1. The van der Waals surface area contributed by atoms with Crippen molar-refractivity contribution in [2.45, 2.75) is 50.2 Å². The van der Waals surface area contributed by atoms with Gasteiger partial charge in [0, 0.05) is 16.3 Å². The molecule has 0 saturated carbocycles. The third kappa shape index (κ3) is 6.48. The van der Waals surface area contributed by atoms with E-state index in [-0.39, 0.29) is 17.1 Å². The fourth-order valence-corrected chi connectivity index (χ4v) is 4.93. The Hall–Kier alpha value is -3.06. The summed E-state index contributed by atoms with van der Waals surface area (Å²) in [5.74, 6) is -2.64. The normalized spacial score (nSPS) is 18.4. The molecule has 3 unspecified atom stereocenters. The molecule has 0 aliphatic heterocycles. The molecule has 2 amide bonds. The Morgan fingerprint density at radius 2 is 1.76 bits per heavy atom. The second-order valence-corrected chi connectivity index (χ2v) is 9.61. The molecule has 33 heavy (non-hydrogen) atoms. The van der Waals surface area contributed by atoms with Crippen LogP contribution >= 0.6 is 11.8 Å². The molecule has 2 aromatic carbocycles. The first-order valence-corrected chi connectivity index (χ1v) is 12.0. The predicted octanol–water partition coefficient (Wildman–Crippen LogP) is 5.42. The van der Waals surface area contributed by atoms with Crippen LogP contribution in [0.25, 0.3) is 0 Å². The first-order chi connectivity index (χ1) is 15.8. The Morgan fingerprint density at radius 1 is 1.03 bits per heavy atom. The van der Waals surface area contributed by atoms with E-state index in [1.54, 1.807) is 6.07 Å². The van der Waals surface area contributed by atoms with Gasteiger partial charge in [-0.1, -0.05) is 42.8 Å². The van der Waals surface area contributed by atoms with Gasteiger partial charge in [-0.05, 0) is 62.9 Å². The van der Waals surface area contributed by atoms with Crippen molar-refractivity contribution >= 4 is 40.9 Å². The summed E-state index contributed by atoms with van der Waals surface area (Å²) in [5, 5.41) is 15.0. The number of hydrogen-bond donors (Lipinski definition) is 3. The van der Waals surface area contributed by atoms with E-state index in [1.165, 1.54) is 11.8 Å². The molecular weight excluding hydrogens is 436 g/mol. The van der Waals surface area contributed by atoms with Crippen LogP contribution in [0.3, 0.4) is 0 Å². The van der Waals surface area contributed by atoms with Crippen LogP contribution in [0.15, 0.2) is 59.5 Å². The zero-order valence-electron chi connectivity index (χ0n) is 19.1. The standard InChI is InChI=1S/C26H30N2O4S/c1-4-23(25(30)28-22-13-12-16(2)14-17(22)3)33-19-9-7-8-18(15-19)27-24(29)20-10-5-6-11-21(20)26(31)32/h5-9,12-15,20-21,23H,4,10-11H2,1-3H3,(H,27,29)(H,28,30)(H,31,32). The summed E-state index contributed by atoms with van der Waals surface area (Å²) in [6.45, 7) is 5.95. The lowest BCUT2D eigenvalue weighted by Gasteiger charge is -2.24. The highest BCUT2D eigenvalue weighted by molar-refractivity contribution is 8.00. The highest BCUT2D eigenvalue weighted by Crippen LogP contribution is 2.31. The summed E-state index contributed by atoms with van der Waals surface area (Å²) in [6.07, 6.45) is 5.08. The van der Waals surface area contributed by atoms with Gasteiger partial charge < -0.3 is 15.7 Å². The van der Waals surface area contributed by atoms with Crippen LogP contribution in [-0.4, -0.2) is 28.1 Å². The molecule has 0 spiro atoms. The summed E-state index contributed by atoms with van der Waals surface area (Å²) in [6, 6.07) is 13.2.